The van der Waals surface area contributed by atoms with Gasteiger partial charge < -0.3 is 10.2 Å². The van der Waals surface area contributed by atoms with E-state index in [1.165, 1.54) is 12.1 Å². The van der Waals surface area contributed by atoms with Gasteiger partial charge in [-0.2, -0.15) is 5.10 Å². The van der Waals surface area contributed by atoms with Crippen molar-refractivity contribution in [3.63, 3.8) is 0 Å². The fraction of sp³-hybridized carbons (Fsp3) is 0.125. The Hall–Kier alpha value is -2.89. The predicted molar refractivity (Wildman–Crippen MR) is 79.7 cm³/mol. The summed E-state index contributed by atoms with van der Waals surface area (Å²) in [4.78, 5) is 10.8. The van der Waals surface area contributed by atoms with Crippen molar-refractivity contribution in [2.24, 2.45) is 5.10 Å². The molecule has 0 bridgehead atoms. The molecule has 0 aromatic heterocycles. The average molecular weight is 301 g/mol. The summed E-state index contributed by atoms with van der Waals surface area (Å²) in [6.45, 7) is 1.80. The van der Waals surface area contributed by atoms with Gasteiger partial charge in [-0.3, -0.25) is 5.43 Å². The van der Waals surface area contributed by atoms with Gasteiger partial charge in [-0.25, -0.2) is 9.18 Å². The van der Waals surface area contributed by atoms with Gasteiger partial charge in [0.25, 0.3) is 0 Å². The summed E-state index contributed by atoms with van der Waals surface area (Å²) in [7, 11) is 0. The SMILES string of the molecule is CC/C(=N\Nc1ccc(C(=O)O)cc1)c1cc(F)ccc1[O-]. The molecule has 0 atom stereocenters. The lowest BCUT2D eigenvalue weighted by atomic mass is 10.1. The first-order chi connectivity index (χ1) is 10.5. The van der Waals surface area contributed by atoms with Crippen LogP contribution in [0.15, 0.2) is 47.6 Å². The number of carboxylic acid groups (broad SMARTS) is 1. The molecule has 0 aliphatic carbocycles. The van der Waals surface area contributed by atoms with Crippen LogP contribution >= 0.6 is 0 Å². The normalized spacial score (nSPS) is 11.3. The first-order valence-corrected chi connectivity index (χ1v) is 6.64. The Bertz CT molecular complexity index is 712. The molecule has 0 saturated carbocycles. The molecule has 0 spiro atoms. The molecule has 0 fully saturated rings. The van der Waals surface area contributed by atoms with Crippen LogP contribution in [0.2, 0.25) is 0 Å². The van der Waals surface area contributed by atoms with Crippen molar-refractivity contribution in [1.82, 2.24) is 0 Å². The van der Waals surface area contributed by atoms with E-state index in [2.05, 4.69) is 10.5 Å². The zero-order valence-corrected chi connectivity index (χ0v) is 11.8. The van der Waals surface area contributed by atoms with Crippen molar-refractivity contribution in [1.29, 1.82) is 0 Å². The molecule has 22 heavy (non-hydrogen) atoms. The Morgan fingerprint density at radius 1 is 1.27 bits per heavy atom. The van der Waals surface area contributed by atoms with E-state index in [9.17, 15) is 14.3 Å². The minimum Gasteiger partial charge on any atom is -0.872 e. The molecule has 0 unspecified atom stereocenters. The number of anilines is 1. The highest BCUT2D eigenvalue weighted by atomic mass is 19.1. The Kier molecular flexibility index (Phi) is 4.73. The maximum absolute atomic E-state index is 13.3. The maximum atomic E-state index is 13.3. The lowest BCUT2D eigenvalue weighted by Gasteiger charge is -2.14. The minimum atomic E-state index is -1.01. The van der Waals surface area contributed by atoms with Crippen molar-refractivity contribution in [3.05, 3.63) is 59.4 Å². The number of nitrogens with zero attached hydrogens (tertiary/aromatic N) is 1. The number of nitrogens with one attached hydrogen (secondary N) is 1. The van der Waals surface area contributed by atoms with Gasteiger partial charge in [-0.05, 0) is 48.4 Å². The van der Waals surface area contributed by atoms with Crippen LogP contribution in [0, 0.1) is 5.82 Å². The summed E-state index contributed by atoms with van der Waals surface area (Å²) in [5.74, 6) is -1.81. The largest absolute Gasteiger partial charge is 0.872 e. The van der Waals surface area contributed by atoms with E-state index >= 15 is 0 Å². The zero-order chi connectivity index (χ0) is 16.1. The number of halogens is 1. The van der Waals surface area contributed by atoms with E-state index in [0.717, 1.165) is 18.2 Å². The van der Waals surface area contributed by atoms with Gasteiger partial charge in [0.05, 0.1) is 17.0 Å². The first kappa shape index (κ1) is 15.5. The van der Waals surface area contributed by atoms with E-state index in [1.54, 1.807) is 19.1 Å². The third-order valence-corrected chi connectivity index (χ3v) is 3.04. The summed E-state index contributed by atoms with van der Waals surface area (Å²) in [6, 6.07) is 9.42. The predicted octanol–water partition coefficient (Wildman–Crippen LogP) is 2.82. The van der Waals surface area contributed by atoms with Crippen LogP contribution in [0.5, 0.6) is 5.75 Å². The number of hydrogen-bond acceptors (Lipinski definition) is 4. The molecule has 0 heterocycles. The Morgan fingerprint density at radius 3 is 2.55 bits per heavy atom. The molecule has 0 amide bonds. The van der Waals surface area contributed by atoms with E-state index in [1.807, 2.05) is 0 Å². The molecule has 114 valence electrons. The van der Waals surface area contributed by atoms with Crippen molar-refractivity contribution < 1.29 is 19.4 Å². The lowest BCUT2D eigenvalue weighted by Crippen LogP contribution is -2.08. The summed E-state index contributed by atoms with van der Waals surface area (Å²) >= 11 is 0. The summed E-state index contributed by atoms with van der Waals surface area (Å²) in [5.41, 5.74) is 4.10. The maximum Gasteiger partial charge on any atom is 0.335 e. The van der Waals surface area contributed by atoms with Crippen LogP contribution in [0.4, 0.5) is 10.1 Å². The standard InChI is InChI=1S/C16H15FN2O3/c1-2-14(13-9-11(17)5-8-15(13)20)19-18-12-6-3-10(4-7-12)16(21)22/h3-9,18,20H,2H2,1H3,(H,21,22)/p-1/b19-14+. The number of hydrogen-bond donors (Lipinski definition) is 2. The second-order valence-corrected chi connectivity index (χ2v) is 4.55. The smallest absolute Gasteiger partial charge is 0.335 e. The fourth-order valence-electron chi connectivity index (χ4n) is 1.88. The van der Waals surface area contributed by atoms with Crippen LogP contribution in [0.3, 0.4) is 0 Å². The number of carboxylic acids is 1. The second kappa shape index (κ2) is 6.71. The molecule has 2 aromatic rings. The van der Waals surface area contributed by atoms with E-state index in [4.69, 9.17) is 5.11 Å². The lowest BCUT2D eigenvalue weighted by molar-refractivity contribution is -0.268. The van der Waals surface area contributed by atoms with Crippen LogP contribution < -0.4 is 10.5 Å². The van der Waals surface area contributed by atoms with Crippen LogP contribution in [-0.4, -0.2) is 16.8 Å². The Balaban J connectivity index is 2.22. The highest BCUT2D eigenvalue weighted by Gasteiger charge is 2.05. The Morgan fingerprint density at radius 2 is 1.95 bits per heavy atom. The molecule has 0 aliphatic rings. The zero-order valence-electron chi connectivity index (χ0n) is 11.8. The van der Waals surface area contributed by atoms with Gasteiger partial charge in [0.1, 0.15) is 5.82 Å². The minimum absolute atomic E-state index is 0.164. The van der Waals surface area contributed by atoms with E-state index < -0.39 is 11.8 Å². The highest BCUT2D eigenvalue weighted by Crippen LogP contribution is 2.18. The number of rotatable bonds is 5. The summed E-state index contributed by atoms with van der Waals surface area (Å²) in [6.07, 6.45) is 0.443. The topological polar surface area (TPSA) is 84.8 Å². The van der Waals surface area contributed by atoms with Gasteiger partial charge in [-0.15, -0.1) is 0 Å². The van der Waals surface area contributed by atoms with Gasteiger partial charge in [0.15, 0.2) is 0 Å². The number of carbonyl (C=O) groups is 1. The molecule has 0 aliphatic heterocycles. The van der Waals surface area contributed by atoms with Crippen molar-refractivity contribution in [2.75, 3.05) is 5.43 Å². The monoisotopic (exact) mass is 301 g/mol. The average Bonchev–Trinajstić information content (AvgIpc) is 2.51. The number of benzene rings is 2. The summed E-state index contributed by atoms with van der Waals surface area (Å²) in [5, 5.41) is 24.7. The fourth-order valence-corrected chi connectivity index (χ4v) is 1.88. The quantitative estimate of drug-likeness (QED) is 0.657. The van der Waals surface area contributed by atoms with Gasteiger partial charge in [0, 0.05) is 0 Å². The van der Waals surface area contributed by atoms with Gasteiger partial charge >= 0.3 is 5.97 Å². The molecule has 2 aromatic carbocycles. The van der Waals surface area contributed by atoms with Crippen LogP contribution in [0.1, 0.15) is 29.3 Å². The molecular formula is C16H14FN2O3-. The molecule has 6 heteroatoms. The van der Waals surface area contributed by atoms with Crippen molar-refractivity contribution in [2.45, 2.75) is 13.3 Å². The third kappa shape index (κ3) is 3.60. The van der Waals surface area contributed by atoms with E-state index in [-0.39, 0.29) is 16.9 Å². The molecule has 0 saturated heterocycles. The summed E-state index contributed by atoms with van der Waals surface area (Å²) < 4.78 is 13.3. The van der Waals surface area contributed by atoms with Crippen LogP contribution in [-0.2, 0) is 0 Å². The third-order valence-electron chi connectivity index (χ3n) is 3.04. The van der Waals surface area contributed by atoms with Crippen molar-refractivity contribution in [3.8, 4) is 5.75 Å². The number of aromatic carboxylic acids is 1. The van der Waals surface area contributed by atoms with Crippen LogP contribution in [0.25, 0.3) is 0 Å². The number of hydrazone groups is 1. The molecule has 5 nitrogen and oxygen atoms in total. The Labute approximate surface area is 126 Å². The molecule has 0 radical (unpaired) electrons. The van der Waals surface area contributed by atoms with E-state index in [0.29, 0.717) is 17.8 Å². The van der Waals surface area contributed by atoms with Gasteiger partial charge in [-0.1, -0.05) is 18.7 Å². The molecule has 2 N–H and O–H groups in total. The van der Waals surface area contributed by atoms with Crippen molar-refractivity contribution >= 4 is 17.4 Å². The highest BCUT2D eigenvalue weighted by molar-refractivity contribution is 6.02. The molecule has 2 rings (SSSR count). The first-order valence-electron chi connectivity index (χ1n) is 6.64. The second-order valence-electron chi connectivity index (χ2n) is 4.55. The van der Waals surface area contributed by atoms with Gasteiger partial charge in [0.2, 0.25) is 0 Å². The molecular weight excluding hydrogens is 287 g/mol.